The zero-order valence-electron chi connectivity index (χ0n) is 16.5. The normalized spacial score (nSPS) is 12.0. The molecular weight excluding hydrogens is 412 g/mol. The fraction of sp³-hybridized carbons (Fsp3) is 0.174. The first-order valence-corrected chi connectivity index (χ1v) is 9.39. The first kappa shape index (κ1) is 20.9. The molecule has 4 nitrogen and oxygen atoms in total. The van der Waals surface area contributed by atoms with Gasteiger partial charge in [-0.3, -0.25) is 4.79 Å². The Balaban J connectivity index is 2.00. The number of rotatable bonds is 5. The van der Waals surface area contributed by atoms with Crippen molar-refractivity contribution in [2.24, 2.45) is 5.73 Å². The summed E-state index contributed by atoms with van der Waals surface area (Å²) in [6.07, 6.45) is -4.80. The molecule has 2 N–H and O–H groups in total. The molecule has 160 valence electrons. The highest BCUT2D eigenvalue weighted by Crippen LogP contribution is 2.35. The van der Waals surface area contributed by atoms with Gasteiger partial charge < -0.3 is 15.0 Å². The van der Waals surface area contributed by atoms with E-state index in [0.29, 0.717) is 34.5 Å². The lowest BCUT2D eigenvalue weighted by atomic mass is 10.0. The maximum atomic E-state index is 14.7. The largest absolute Gasteiger partial charge is 0.419 e. The molecule has 0 spiro atoms. The molecule has 1 heterocycles. The maximum absolute atomic E-state index is 14.7. The molecule has 0 bridgehead atoms. The van der Waals surface area contributed by atoms with E-state index in [2.05, 4.69) is 0 Å². The molecule has 0 fully saturated rings. The number of methoxy groups -OCH3 is 1. The van der Waals surface area contributed by atoms with Crippen LogP contribution in [0.4, 0.5) is 17.6 Å². The van der Waals surface area contributed by atoms with Crippen LogP contribution in [-0.4, -0.2) is 17.6 Å². The summed E-state index contributed by atoms with van der Waals surface area (Å²) in [6.45, 7) is 0.159. The number of nitrogens with zero attached hydrogens (tertiary/aromatic N) is 1. The first-order chi connectivity index (χ1) is 14.7. The summed E-state index contributed by atoms with van der Waals surface area (Å²) in [5.41, 5.74) is 6.42. The predicted octanol–water partition coefficient (Wildman–Crippen LogP) is 5.25. The third-order valence-electron chi connectivity index (χ3n) is 5.24. The second-order valence-corrected chi connectivity index (χ2v) is 7.21. The van der Waals surface area contributed by atoms with Gasteiger partial charge in [0.05, 0.1) is 24.2 Å². The summed E-state index contributed by atoms with van der Waals surface area (Å²) >= 11 is 0. The van der Waals surface area contributed by atoms with Gasteiger partial charge in [0.1, 0.15) is 5.82 Å². The second-order valence-electron chi connectivity index (χ2n) is 7.21. The smallest absolute Gasteiger partial charge is 0.380 e. The van der Waals surface area contributed by atoms with Gasteiger partial charge in [-0.05, 0) is 29.8 Å². The van der Waals surface area contributed by atoms with E-state index < -0.39 is 23.5 Å². The van der Waals surface area contributed by atoms with Crippen molar-refractivity contribution in [2.45, 2.75) is 19.3 Å². The Morgan fingerprint density at radius 2 is 1.81 bits per heavy atom. The zero-order valence-corrected chi connectivity index (χ0v) is 16.5. The van der Waals surface area contributed by atoms with Crippen molar-refractivity contribution in [1.29, 1.82) is 0 Å². The summed E-state index contributed by atoms with van der Waals surface area (Å²) in [5.74, 6) is -1.94. The molecule has 0 aliphatic heterocycles. The quantitative estimate of drug-likeness (QED) is 0.440. The Bertz CT molecular complexity index is 1310. The fourth-order valence-corrected chi connectivity index (χ4v) is 3.91. The highest BCUT2D eigenvalue weighted by molar-refractivity contribution is 6.17. The van der Waals surface area contributed by atoms with E-state index >= 15 is 0 Å². The van der Waals surface area contributed by atoms with Gasteiger partial charge in [-0.25, -0.2) is 4.39 Å². The predicted molar refractivity (Wildman–Crippen MR) is 109 cm³/mol. The van der Waals surface area contributed by atoms with Crippen molar-refractivity contribution >= 4 is 27.7 Å². The molecular formula is C23H18F4N2O2. The number of carbonyl (C=O) groups is 1. The molecule has 0 aliphatic rings. The van der Waals surface area contributed by atoms with Gasteiger partial charge >= 0.3 is 6.18 Å². The Kier molecular flexibility index (Phi) is 5.18. The van der Waals surface area contributed by atoms with Crippen LogP contribution in [0, 0.1) is 5.82 Å². The second kappa shape index (κ2) is 7.70. The minimum absolute atomic E-state index is 0.116. The van der Waals surface area contributed by atoms with Crippen LogP contribution in [-0.2, 0) is 24.1 Å². The van der Waals surface area contributed by atoms with Crippen LogP contribution in [0.25, 0.3) is 21.8 Å². The molecule has 1 amide bonds. The minimum atomic E-state index is -4.80. The molecule has 0 aliphatic carbocycles. The van der Waals surface area contributed by atoms with E-state index in [0.717, 1.165) is 5.56 Å². The van der Waals surface area contributed by atoms with Gasteiger partial charge in [0, 0.05) is 34.5 Å². The van der Waals surface area contributed by atoms with E-state index in [1.54, 1.807) is 35.9 Å². The van der Waals surface area contributed by atoms with Gasteiger partial charge in [0.15, 0.2) is 0 Å². The van der Waals surface area contributed by atoms with Gasteiger partial charge in [-0.15, -0.1) is 0 Å². The molecule has 31 heavy (non-hydrogen) atoms. The van der Waals surface area contributed by atoms with Gasteiger partial charge in [-0.1, -0.05) is 30.3 Å². The molecule has 4 rings (SSSR count). The summed E-state index contributed by atoms with van der Waals surface area (Å²) in [4.78, 5) is 12.0. The van der Waals surface area contributed by atoms with Crippen molar-refractivity contribution in [2.75, 3.05) is 7.11 Å². The molecule has 0 unspecified atom stereocenters. The fourth-order valence-electron chi connectivity index (χ4n) is 3.91. The van der Waals surface area contributed by atoms with E-state index in [1.165, 1.54) is 12.1 Å². The highest BCUT2D eigenvalue weighted by Gasteiger charge is 2.34. The Morgan fingerprint density at radius 3 is 2.48 bits per heavy atom. The number of benzene rings is 3. The number of ether oxygens (including phenoxy) is 1. The third-order valence-corrected chi connectivity index (χ3v) is 5.24. The topological polar surface area (TPSA) is 57.2 Å². The monoisotopic (exact) mass is 430 g/mol. The molecule has 3 aromatic carbocycles. The lowest BCUT2D eigenvalue weighted by Crippen LogP contribution is -2.12. The number of amides is 1. The Labute approximate surface area is 174 Å². The standard InChI is InChI=1S/C23H18F4N2O2/c1-31-12-13-8-9-15-19(10-13)29(18-7-3-5-16(20(15)18)22(28)30)11-14-4-2-6-17(21(14)24)23(25,26)27/h2-10H,11-12H2,1H3,(H2,28,30). The van der Waals surface area contributed by atoms with Crippen LogP contribution in [0.15, 0.2) is 54.6 Å². The summed E-state index contributed by atoms with van der Waals surface area (Å²) in [7, 11) is 1.54. The molecule has 0 radical (unpaired) electrons. The van der Waals surface area contributed by atoms with Crippen LogP contribution in [0.5, 0.6) is 0 Å². The summed E-state index contributed by atoms with van der Waals surface area (Å²) in [5, 5.41) is 1.26. The minimum Gasteiger partial charge on any atom is -0.380 e. The number of carbonyl (C=O) groups excluding carboxylic acids is 1. The lowest BCUT2D eigenvalue weighted by Gasteiger charge is -2.13. The Hall–Kier alpha value is -3.39. The van der Waals surface area contributed by atoms with Crippen molar-refractivity contribution in [3.05, 3.63) is 82.7 Å². The molecule has 0 saturated carbocycles. The molecule has 0 atom stereocenters. The number of halogens is 4. The SMILES string of the molecule is COCc1ccc2c3c(C(N)=O)cccc3n(Cc3cccc(C(F)(F)F)c3F)c2c1. The Morgan fingerprint density at radius 1 is 1.06 bits per heavy atom. The van der Waals surface area contributed by atoms with Crippen molar-refractivity contribution < 1.29 is 27.1 Å². The number of nitrogens with two attached hydrogens (primary N) is 1. The van der Waals surface area contributed by atoms with E-state index in [9.17, 15) is 22.4 Å². The van der Waals surface area contributed by atoms with Crippen LogP contribution >= 0.6 is 0 Å². The number of primary amides is 1. The zero-order chi connectivity index (χ0) is 22.3. The van der Waals surface area contributed by atoms with Crippen LogP contribution in [0.1, 0.15) is 27.0 Å². The molecule has 8 heteroatoms. The number of hydrogen-bond donors (Lipinski definition) is 1. The van der Waals surface area contributed by atoms with Crippen molar-refractivity contribution in [3.8, 4) is 0 Å². The molecule has 1 aromatic heterocycles. The average Bonchev–Trinajstić information content (AvgIpc) is 3.02. The van der Waals surface area contributed by atoms with Crippen molar-refractivity contribution in [3.63, 3.8) is 0 Å². The number of fused-ring (bicyclic) bond motifs is 3. The summed E-state index contributed by atoms with van der Waals surface area (Å²) in [6, 6.07) is 13.6. The van der Waals surface area contributed by atoms with Crippen molar-refractivity contribution in [1.82, 2.24) is 4.57 Å². The van der Waals surface area contributed by atoms with Gasteiger partial charge in [0.25, 0.3) is 0 Å². The molecule has 4 aromatic rings. The molecule has 0 saturated heterocycles. The van der Waals surface area contributed by atoms with E-state index in [1.807, 2.05) is 12.1 Å². The lowest BCUT2D eigenvalue weighted by molar-refractivity contribution is -0.140. The van der Waals surface area contributed by atoms with Crippen LogP contribution < -0.4 is 5.73 Å². The average molecular weight is 430 g/mol. The first-order valence-electron chi connectivity index (χ1n) is 9.39. The van der Waals surface area contributed by atoms with Gasteiger partial charge in [0.2, 0.25) is 5.91 Å². The van der Waals surface area contributed by atoms with Gasteiger partial charge in [-0.2, -0.15) is 13.2 Å². The van der Waals surface area contributed by atoms with Crippen LogP contribution in [0.2, 0.25) is 0 Å². The summed E-state index contributed by atoms with van der Waals surface area (Å²) < 4.78 is 61.1. The van der Waals surface area contributed by atoms with Crippen LogP contribution in [0.3, 0.4) is 0 Å². The third kappa shape index (κ3) is 3.63. The van der Waals surface area contributed by atoms with E-state index in [-0.39, 0.29) is 17.7 Å². The highest BCUT2D eigenvalue weighted by atomic mass is 19.4. The number of hydrogen-bond acceptors (Lipinski definition) is 2. The number of aromatic nitrogens is 1. The number of alkyl halides is 3. The maximum Gasteiger partial charge on any atom is 0.419 e. The van der Waals surface area contributed by atoms with E-state index in [4.69, 9.17) is 10.5 Å².